The molecule has 0 radical (unpaired) electrons. The number of benzene rings is 3. The zero-order valence-electron chi connectivity index (χ0n) is 32.1. The third-order valence-electron chi connectivity index (χ3n) is 12.4. The Morgan fingerprint density at radius 2 is 1.75 bits per heavy atom. The number of piperidine rings is 3. The number of nitrogens with one attached hydrogen (secondary N) is 3. The van der Waals surface area contributed by atoms with Gasteiger partial charge >= 0.3 is 5.97 Å². The van der Waals surface area contributed by atoms with Crippen LogP contribution in [0.4, 0.5) is 5.69 Å². The molecular formula is C44H53ClN4O7. The number of hydrogen-bond acceptors (Lipinski definition) is 9. The molecule has 1 aromatic heterocycles. The van der Waals surface area contributed by atoms with Gasteiger partial charge in [-0.15, -0.1) is 0 Å². The third-order valence-corrected chi connectivity index (χ3v) is 12.7. The summed E-state index contributed by atoms with van der Waals surface area (Å²) >= 11 is 6.64. The number of esters is 1. The number of aromatic hydroxyl groups is 1. The van der Waals surface area contributed by atoms with Gasteiger partial charge in [0.25, 0.3) is 0 Å². The predicted octanol–water partition coefficient (Wildman–Crippen LogP) is 6.91. The Bertz CT molecular complexity index is 2090. The minimum Gasteiger partial charge on any atom is -0.506 e. The van der Waals surface area contributed by atoms with E-state index >= 15 is 0 Å². The Hall–Kier alpha value is -4.42. The lowest BCUT2D eigenvalue weighted by Gasteiger charge is -2.48. The van der Waals surface area contributed by atoms with Crippen LogP contribution in [0.25, 0.3) is 10.9 Å². The lowest BCUT2D eigenvalue weighted by atomic mass is 9.68. The van der Waals surface area contributed by atoms with Crippen LogP contribution in [0.2, 0.25) is 5.02 Å². The van der Waals surface area contributed by atoms with E-state index in [0.29, 0.717) is 53.4 Å². The Balaban J connectivity index is 0.923. The summed E-state index contributed by atoms with van der Waals surface area (Å²) in [5.41, 5.74) is 3.32. The van der Waals surface area contributed by atoms with Crippen molar-refractivity contribution in [2.45, 2.75) is 88.7 Å². The average molecular weight is 785 g/mol. The number of nitrogens with zero attached hydrogens (tertiary/aromatic N) is 1. The van der Waals surface area contributed by atoms with Gasteiger partial charge in [-0.05, 0) is 99.5 Å². The number of phenolic OH excluding ortho intramolecular Hbond substituents is 1. The maximum Gasteiger partial charge on any atom is 0.316 e. The number of ether oxygens (including phenoxy) is 2. The maximum atomic E-state index is 14.0. The van der Waals surface area contributed by atoms with Crippen molar-refractivity contribution < 1.29 is 29.3 Å². The Morgan fingerprint density at radius 3 is 2.50 bits per heavy atom. The van der Waals surface area contributed by atoms with Crippen LogP contribution in [-0.2, 0) is 32.7 Å². The number of carbonyl (C=O) groups is 2. The number of aliphatic hydroxyl groups excluding tert-OH is 1. The van der Waals surface area contributed by atoms with Crippen LogP contribution in [0.5, 0.6) is 11.5 Å². The van der Waals surface area contributed by atoms with Crippen LogP contribution in [-0.4, -0.2) is 71.9 Å². The SMILES string of the molecule is COc1cc(NC(=O)CCCc2cccc(C3(C(=O)OCC45CCN(CC4)CC5)CCCCC3)c2)c(Cl)cc1CNC[C@H](O)c1ccc(O)c2[nH]c(=O)ccc12. The Morgan fingerprint density at radius 1 is 0.982 bits per heavy atom. The number of aromatic nitrogens is 1. The molecule has 12 heteroatoms. The standard InChI is InChI=1S/C44H53ClN4O7/c1-55-38-25-35(34(45)24-30(38)26-46-27-37(51)32-11-13-36(50)41-33(32)12-14-40(53)48-41)47-39(52)10-6-8-29-7-5-9-31(23-29)44(15-3-2-4-16-44)42(54)56-28-43-17-20-49(21-18-43)22-19-43/h5,7,9,11-14,23-25,37,46,50-51H,2-4,6,8,10,15-22,26-28H2,1H3,(H,47,52)(H,48,53)/t37-/m0/s1. The number of aryl methyl sites for hydroxylation is 1. The van der Waals surface area contributed by atoms with Crippen LogP contribution >= 0.6 is 11.6 Å². The van der Waals surface area contributed by atoms with Crippen molar-refractivity contribution in [1.29, 1.82) is 0 Å². The van der Waals surface area contributed by atoms with Gasteiger partial charge < -0.3 is 40.2 Å². The van der Waals surface area contributed by atoms with Gasteiger partial charge in [-0.1, -0.05) is 61.2 Å². The van der Waals surface area contributed by atoms with Crippen LogP contribution in [0, 0.1) is 5.41 Å². The van der Waals surface area contributed by atoms with Crippen molar-refractivity contribution in [1.82, 2.24) is 15.2 Å². The van der Waals surface area contributed by atoms with Crippen LogP contribution < -0.4 is 20.9 Å². The second-order valence-electron chi connectivity index (χ2n) is 16.0. The number of methoxy groups -OCH3 is 1. The first kappa shape index (κ1) is 39.8. The van der Waals surface area contributed by atoms with Crippen LogP contribution in [0.15, 0.2) is 65.5 Å². The molecule has 4 aliphatic rings. The molecule has 4 heterocycles. The molecule has 11 nitrogen and oxygen atoms in total. The molecule has 298 valence electrons. The van der Waals surface area contributed by atoms with Crippen LogP contribution in [0.1, 0.15) is 92.6 Å². The minimum atomic E-state index is -0.930. The summed E-state index contributed by atoms with van der Waals surface area (Å²) in [6, 6.07) is 17.8. The molecule has 5 N–H and O–H groups in total. The molecular weight excluding hydrogens is 732 g/mol. The van der Waals surface area contributed by atoms with Gasteiger partial charge in [0.1, 0.15) is 11.5 Å². The van der Waals surface area contributed by atoms with Crippen molar-refractivity contribution in [2.75, 3.05) is 45.2 Å². The van der Waals surface area contributed by atoms with E-state index in [0.717, 1.165) is 87.7 Å². The number of rotatable bonds is 15. The number of pyridine rings is 1. The quantitative estimate of drug-likeness (QED) is 0.0810. The molecule has 1 atom stereocenters. The van der Waals surface area contributed by atoms with Crippen molar-refractivity contribution in [3.63, 3.8) is 0 Å². The fraction of sp³-hybridized carbons (Fsp3) is 0.477. The van der Waals surface area contributed by atoms with Crippen molar-refractivity contribution in [2.24, 2.45) is 5.41 Å². The second kappa shape index (κ2) is 17.4. The van der Waals surface area contributed by atoms with E-state index in [1.807, 2.05) is 6.07 Å². The second-order valence-corrected chi connectivity index (χ2v) is 16.4. The van der Waals surface area contributed by atoms with Gasteiger partial charge in [-0.2, -0.15) is 0 Å². The van der Waals surface area contributed by atoms with E-state index in [2.05, 4.69) is 38.7 Å². The molecule has 8 rings (SSSR count). The molecule has 1 saturated carbocycles. The van der Waals surface area contributed by atoms with Gasteiger partial charge in [0.15, 0.2) is 0 Å². The minimum absolute atomic E-state index is 0.0646. The lowest BCUT2D eigenvalue weighted by molar-refractivity contribution is -0.159. The Kier molecular flexibility index (Phi) is 12.4. The van der Waals surface area contributed by atoms with Gasteiger partial charge in [0.2, 0.25) is 11.5 Å². The summed E-state index contributed by atoms with van der Waals surface area (Å²) in [6.07, 6.45) is 8.77. The first-order valence-corrected chi connectivity index (χ1v) is 20.3. The number of anilines is 1. The number of amides is 1. The van der Waals surface area contributed by atoms with Gasteiger partial charge in [-0.25, -0.2) is 0 Å². The first-order valence-electron chi connectivity index (χ1n) is 20.0. The normalized spacial score (nSPS) is 20.7. The molecule has 2 bridgehead atoms. The summed E-state index contributed by atoms with van der Waals surface area (Å²) in [4.78, 5) is 44.0. The zero-order valence-corrected chi connectivity index (χ0v) is 32.9. The molecule has 4 fully saturated rings. The smallest absolute Gasteiger partial charge is 0.316 e. The van der Waals surface area contributed by atoms with Gasteiger partial charge in [-0.3, -0.25) is 14.4 Å². The fourth-order valence-corrected chi connectivity index (χ4v) is 9.18. The first-order chi connectivity index (χ1) is 27.1. The highest BCUT2D eigenvalue weighted by molar-refractivity contribution is 6.33. The van der Waals surface area contributed by atoms with E-state index < -0.39 is 11.5 Å². The number of fused-ring (bicyclic) bond motifs is 4. The highest BCUT2D eigenvalue weighted by Crippen LogP contribution is 2.44. The van der Waals surface area contributed by atoms with E-state index in [1.165, 1.54) is 12.1 Å². The molecule has 4 aromatic rings. The van der Waals surface area contributed by atoms with E-state index in [4.69, 9.17) is 21.1 Å². The fourth-order valence-electron chi connectivity index (χ4n) is 8.95. The van der Waals surface area contributed by atoms with Gasteiger partial charge in [0.05, 0.1) is 41.5 Å². The van der Waals surface area contributed by atoms with Crippen molar-refractivity contribution in [3.05, 3.63) is 98.3 Å². The van der Waals surface area contributed by atoms with E-state index in [1.54, 1.807) is 31.4 Å². The summed E-state index contributed by atoms with van der Waals surface area (Å²) in [6.45, 7) is 4.34. The number of hydrogen-bond donors (Lipinski definition) is 5. The molecule has 1 aliphatic carbocycles. The number of phenols is 1. The largest absolute Gasteiger partial charge is 0.506 e. The molecule has 3 aliphatic heterocycles. The third kappa shape index (κ3) is 8.76. The van der Waals surface area contributed by atoms with E-state index in [-0.39, 0.29) is 47.1 Å². The van der Waals surface area contributed by atoms with Gasteiger partial charge in [0, 0.05) is 48.0 Å². The number of carbonyl (C=O) groups excluding carboxylic acids is 2. The molecule has 3 aromatic carbocycles. The maximum absolute atomic E-state index is 14.0. The molecule has 56 heavy (non-hydrogen) atoms. The average Bonchev–Trinajstić information content (AvgIpc) is 3.22. The molecule has 3 saturated heterocycles. The number of aliphatic hydroxyl groups is 1. The lowest BCUT2D eigenvalue weighted by Crippen LogP contribution is -2.51. The highest BCUT2D eigenvalue weighted by Gasteiger charge is 2.45. The van der Waals surface area contributed by atoms with Crippen molar-refractivity contribution in [3.8, 4) is 11.5 Å². The monoisotopic (exact) mass is 784 g/mol. The Labute approximate surface area is 332 Å². The number of halogens is 1. The topological polar surface area (TPSA) is 153 Å². The summed E-state index contributed by atoms with van der Waals surface area (Å²) in [5.74, 6) is 0.220. The zero-order chi connectivity index (χ0) is 39.3. The summed E-state index contributed by atoms with van der Waals surface area (Å²) in [7, 11) is 1.54. The summed E-state index contributed by atoms with van der Waals surface area (Å²) in [5, 5.41) is 28.2. The van der Waals surface area contributed by atoms with E-state index in [9.17, 15) is 24.6 Å². The molecule has 0 unspecified atom stereocenters. The number of aromatic amines is 1. The predicted molar refractivity (Wildman–Crippen MR) is 217 cm³/mol. The summed E-state index contributed by atoms with van der Waals surface area (Å²) < 4.78 is 11.9. The molecule has 0 spiro atoms. The van der Waals surface area contributed by atoms with Crippen molar-refractivity contribution >= 4 is 40.1 Å². The molecule has 1 amide bonds. The van der Waals surface area contributed by atoms with Crippen LogP contribution in [0.3, 0.4) is 0 Å². The highest BCUT2D eigenvalue weighted by atomic mass is 35.5. The number of H-pyrrole nitrogens is 1.